The van der Waals surface area contributed by atoms with Crippen LogP contribution in [0.5, 0.6) is 0 Å². The summed E-state index contributed by atoms with van der Waals surface area (Å²) in [6.07, 6.45) is 5.64. The van der Waals surface area contributed by atoms with Crippen LogP contribution in [0, 0.1) is 6.92 Å². The molecule has 0 saturated carbocycles. The topological polar surface area (TPSA) is 58.6 Å². The Morgan fingerprint density at radius 2 is 1.86 bits per heavy atom. The highest BCUT2D eigenvalue weighted by atomic mass is 16.1. The highest BCUT2D eigenvalue weighted by Gasteiger charge is 2.05. The molecule has 3 aromatic rings. The number of rotatable bonds is 5. The molecular weight excluding hydrogens is 274 g/mol. The molecule has 0 radical (unpaired) electrons. The van der Waals surface area contributed by atoms with Crippen LogP contribution in [0.1, 0.15) is 29.8 Å². The van der Waals surface area contributed by atoms with Gasteiger partial charge in [0.2, 0.25) is 0 Å². The third-order valence-electron chi connectivity index (χ3n) is 3.72. The summed E-state index contributed by atoms with van der Waals surface area (Å²) in [5.74, 6) is 0.724. The van der Waals surface area contributed by atoms with Gasteiger partial charge in [-0.3, -0.25) is 4.79 Å². The molecule has 4 heteroatoms. The summed E-state index contributed by atoms with van der Waals surface area (Å²) in [6, 6.07) is 12.3. The van der Waals surface area contributed by atoms with Crippen LogP contribution in [-0.2, 0) is 12.8 Å². The molecular formula is C18H19N3O. The summed E-state index contributed by atoms with van der Waals surface area (Å²) in [5.41, 5.74) is 2.75. The molecule has 2 aromatic heterocycles. The lowest BCUT2D eigenvalue weighted by atomic mass is 10.1. The molecule has 2 heterocycles. The fourth-order valence-corrected chi connectivity index (χ4v) is 2.56. The number of H-pyrrole nitrogens is 1. The molecule has 112 valence electrons. The molecule has 0 saturated heterocycles. The average Bonchev–Trinajstić information content (AvgIpc) is 2.53. The van der Waals surface area contributed by atoms with Crippen molar-refractivity contribution in [2.75, 3.05) is 0 Å². The molecule has 0 aliphatic rings. The van der Waals surface area contributed by atoms with Crippen LogP contribution in [0.15, 0.2) is 47.4 Å². The summed E-state index contributed by atoms with van der Waals surface area (Å²) in [4.78, 5) is 23.6. The summed E-state index contributed by atoms with van der Waals surface area (Å²) in [6.45, 7) is 1.92. The number of nitrogens with zero attached hydrogens (tertiary/aromatic N) is 2. The Morgan fingerprint density at radius 1 is 1.09 bits per heavy atom. The lowest BCUT2D eigenvalue weighted by Crippen LogP contribution is -2.13. The second-order valence-electron chi connectivity index (χ2n) is 5.59. The van der Waals surface area contributed by atoms with E-state index in [9.17, 15) is 4.79 Å². The highest BCUT2D eigenvalue weighted by Crippen LogP contribution is 2.09. The fraction of sp³-hybridized carbons (Fsp3) is 0.278. The minimum Gasteiger partial charge on any atom is -0.310 e. The zero-order chi connectivity index (χ0) is 15.4. The maximum atomic E-state index is 12.1. The number of pyridine rings is 1. The highest BCUT2D eigenvalue weighted by molar-refractivity contribution is 5.73. The van der Waals surface area contributed by atoms with Crippen LogP contribution in [0.2, 0.25) is 0 Å². The van der Waals surface area contributed by atoms with Gasteiger partial charge >= 0.3 is 0 Å². The summed E-state index contributed by atoms with van der Waals surface area (Å²) >= 11 is 0. The lowest BCUT2D eigenvalue weighted by Gasteiger charge is -2.04. The predicted molar refractivity (Wildman–Crippen MR) is 88.0 cm³/mol. The van der Waals surface area contributed by atoms with E-state index in [0.717, 1.165) is 37.1 Å². The Hall–Kier alpha value is -2.49. The quantitative estimate of drug-likeness (QED) is 0.735. The number of hydrogen-bond acceptors (Lipinski definition) is 3. The van der Waals surface area contributed by atoms with Crippen LogP contribution in [0.4, 0.5) is 0 Å². The standard InChI is InChI=1S/C18H19N3O/c1-13-11-15-17(19-12-13)20-16(21-18(15)22)10-6-5-9-14-7-3-2-4-8-14/h2-4,7-8,11-12H,5-6,9-10H2,1H3,(H,19,20,21,22). The molecule has 0 atom stereocenters. The maximum Gasteiger partial charge on any atom is 0.260 e. The molecule has 4 nitrogen and oxygen atoms in total. The van der Waals surface area contributed by atoms with E-state index in [-0.39, 0.29) is 5.56 Å². The van der Waals surface area contributed by atoms with Crippen molar-refractivity contribution < 1.29 is 0 Å². The Bertz CT molecular complexity index is 825. The molecule has 22 heavy (non-hydrogen) atoms. The minimum absolute atomic E-state index is 0.0979. The maximum absolute atomic E-state index is 12.1. The van der Waals surface area contributed by atoms with E-state index in [1.807, 2.05) is 19.1 Å². The van der Waals surface area contributed by atoms with Gasteiger partial charge in [-0.1, -0.05) is 30.3 Å². The Balaban J connectivity index is 1.64. The third kappa shape index (κ3) is 3.39. The van der Waals surface area contributed by atoms with Gasteiger partial charge in [-0.15, -0.1) is 0 Å². The number of fused-ring (bicyclic) bond motifs is 1. The first-order valence-electron chi connectivity index (χ1n) is 7.62. The number of aromatic nitrogens is 3. The molecule has 0 bridgehead atoms. The molecule has 1 N–H and O–H groups in total. The van der Waals surface area contributed by atoms with E-state index in [1.165, 1.54) is 5.56 Å². The van der Waals surface area contributed by atoms with Crippen molar-refractivity contribution in [2.45, 2.75) is 32.6 Å². The minimum atomic E-state index is -0.0979. The molecule has 1 aromatic carbocycles. The first kappa shape index (κ1) is 14.4. The summed E-state index contributed by atoms with van der Waals surface area (Å²) in [7, 11) is 0. The van der Waals surface area contributed by atoms with Gasteiger partial charge in [-0.25, -0.2) is 9.97 Å². The van der Waals surface area contributed by atoms with Gasteiger partial charge in [0, 0.05) is 12.6 Å². The van der Waals surface area contributed by atoms with E-state index in [0.29, 0.717) is 11.0 Å². The molecule has 0 amide bonds. The van der Waals surface area contributed by atoms with Gasteiger partial charge in [0.25, 0.3) is 5.56 Å². The number of aryl methyl sites for hydroxylation is 3. The van der Waals surface area contributed by atoms with Crippen LogP contribution in [-0.4, -0.2) is 15.0 Å². The Morgan fingerprint density at radius 3 is 2.68 bits per heavy atom. The number of benzene rings is 1. The van der Waals surface area contributed by atoms with Gasteiger partial charge < -0.3 is 4.98 Å². The molecule has 0 fully saturated rings. The van der Waals surface area contributed by atoms with Gasteiger partial charge in [0.05, 0.1) is 5.39 Å². The average molecular weight is 293 g/mol. The number of aromatic amines is 1. The van der Waals surface area contributed by atoms with E-state index in [4.69, 9.17) is 0 Å². The summed E-state index contributed by atoms with van der Waals surface area (Å²) in [5, 5.41) is 0.563. The van der Waals surface area contributed by atoms with E-state index in [1.54, 1.807) is 6.20 Å². The Labute approximate surface area is 129 Å². The van der Waals surface area contributed by atoms with E-state index in [2.05, 4.69) is 39.2 Å². The van der Waals surface area contributed by atoms with E-state index < -0.39 is 0 Å². The molecule has 3 rings (SSSR count). The first-order chi connectivity index (χ1) is 10.7. The van der Waals surface area contributed by atoms with Crippen LogP contribution in [0.25, 0.3) is 11.0 Å². The normalized spacial score (nSPS) is 11.0. The number of hydrogen-bond donors (Lipinski definition) is 1. The van der Waals surface area contributed by atoms with Crippen LogP contribution >= 0.6 is 0 Å². The second kappa shape index (κ2) is 6.52. The van der Waals surface area contributed by atoms with Crippen LogP contribution < -0.4 is 5.56 Å². The molecule has 0 spiro atoms. The third-order valence-corrected chi connectivity index (χ3v) is 3.72. The Kier molecular flexibility index (Phi) is 4.28. The molecule has 0 aliphatic carbocycles. The zero-order valence-corrected chi connectivity index (χ0v) is 12.7. The van der Waals surface area contributed by atoms with Crippen molar-refractivity contribution in [3.8, 4) is 0 Å². The van der Waals surface area contributed by atoms with Crippen molar-refractivity contribution >= 4 is 11.0 Å². The van der Waals surface area contributed by atoms with Crippen molar-refractivity contribution in [3.63, 3.8) is 0 Å². The van der Waals surface area contributed by atoms with Crippen molar-refractivity contribution in [2.24, 2.45) is 0 Å². The smallest absolute Gasteiger partial charge is 0.260 e. The van der Waals surface area contributed by atoms with Crippen molar-refractivity contribution in [1.82, 2.24) is 15.0 Å². The monoisotopic (exact) mass is 293 g/mol. The van der Waals surface area contributed by atoms with Crippen molar-refractivity contribution in [1.29, 1.82) is 0 Å². The number of unbranched alkanes of at least 4 members (excludes halogenated alkanes) is 1. The van der Waals surface area contributed by atoms with Crippen molar-refractivity contribution in [3.05, 3.63) is 69.9 Å². The molecule has 0 aliphatic heterocycles. The largest absolute Gasteiger partial charge is 0.310 e. The van der Waals surface area contributed by atoms with Crippen LogP contribution in [0.3, 0.4) is 0 Å². The second-order valence-corrected chi connectivity index (χ2v) is 5.59. The summed E-state index contributed by atoms with van der Waals surface area (Å²) < 4.78 is 0. The van der Waals surface area contributed by atoms with Gasteiger partial charge in [0.1, 0.15) is 5.82 Å². The fourth-order valence-electron chi connectivity index (χ4n) is 2.56. The van der Waals surface area contributed by atoms with E-state index >= 15 is 0 Å². The first-order valence-corrected chi connectivity index (χ1v) is 7.62. The molecule has 0 unspecified atom stereocenters. The lowest BCUT2D eigenvalue weighted by molar-refractivity contribution is 0.707. The SMILES string of the molecule is Cc1cnc2nc(CCCCc3ccccc3)[nH]c(=O)c2c1. The van der Waals surface area contributed by atoms with Gasteiger partial charge in [-0.2, -0.15) is 0 Å². The predicted octanol–water partition coefficient (Wildman–Crippen LogP) is 3.19. The van der Waals surface area contributed by atoms with Gasteiger partial charge in [0.15, 0.2) is 5.65 Å². The number of nitrogens with one attached hydrogen (secondary N) is 1. The van der Waals surface area contributed by atoms with Gasteiger partial charge in [-0.05, 0) is 43.4 Å². The zero-order valence-electron chi connectivity index (χ0n) is 12.7.